The van der Waals surface area contributed by atoms with Gasteiger partial charge in [0.05, 0.1) is 17.6 Å². The van der Waals surface area contributed by atoms with Crippen LogP contribution in [-0.2, 0) is 9.53 Å². The van der Waals surface area contributed by atoms with Crippen LogP contribution in [0.1, 0.15) is 11.7 Å². The summed E-state index contributed by atoms with van der Waals surface area (Å²) in [5.74, 6) is -1.06. The molecule has 0 bridgehead atoms. The summed E-state index contributed by atoms with van der Waals surface area (Å²) in [6.45, 7) is 0. The fourth-order valence-electron chi connectivity index (χ4n) is 1.32. The second-order valence-corrected chi connectivity index (χ2v) is 3.23. The maximum atomic E-state index is 11.0. The van der Waals surface area contributed by atoms with Gasteiger partial charge < -0.3 is 14.9 Å². The average Bonchev–Trinajstić information content (AvgIpc) is 2.35. The van der Waals surface area contributed by atoms with Crippen LogP contribution in [0.2, 0.25) is 0 Å². The van der Waals surface area contributed by atoms with E-state index in [-0.39, 0.29) is 11.3 Å². The molecule has 0 radical (unpaired) electrons. The van der Waals surface area contributed by atoms with E-state index in [0.29, 0.717) is 0 Å². The van der Waals surface area contributed by atoms with Crippen molar-refractivity contribution in [3.63, 3.8) is 0 Å². The molecule has 17 heavy (non-hydrogen) atoms. The van der Waals surface area contributed by atoms with E-state index in [2.05, 4.69) is 4.74 Å². The minimum atomic E-state index is -1.86. The Bertz CT molecular complexity index is 433. The Hall–Kier alpha value is -1.99. The van der Waals surface area contributed by atoms with E-state index in [1.807, 2.05) is 0 Å². The number of para-hydroxylation sites is 1. The first kappa shape index (κ1) is 13.1. The van der Waals surface area contributed by atoms with Crippen molar-refractivity contribution in [3.8, 4) is 0 Å². The molecule has 0 saturated carbocycles. The molecule has 0 aliphatic heterocycles. The lowest BCUT2D eigenvalue weighted by atomic mass is 10.0. The van der Waals surface area contributed by atoms with Gasteiger partial charge in [0.2, 0.25) is 0 Å². The molecule has 2 N–H and O–H groups in total. The maximum Gasteiger partial charge on any atom is 0.337 e. The van der Waals surface area contributed by atoms with Gasteiger partial charge in [-0.15, -0.1) is 0 Å². The molecule has 2 atom stereocenters. The molecule has 0 spiro atoms. The Morgan fingerprint density at radius 3 is 2.53 bits per heavy atom. The van der Waals surface area contributed by atoms with Crippen molar-refractivity contribution in [2.24, 2.45) is 0 Å². The SMILES string of the molecule is COC(=O)[C@H](O)[C@H](O)c1ccccc1[N+](=O)[O-]. The zero-order valence-electron chi connectivity index (χ0n) is 8.94. The number of nitro groups is 1. The number of aliphatic hydroxyl groups is 2. The Labute approximate surface area is 96.4 Å². The minimum absolute atomic E-state index is 0.143. The van der Waals surface area contributed by atoms with Gasteiger partial charge in [0.15, 0.2) is 6.10 Å². The molecule has 0 aliphatic carbocycles. The van der Waals surface area contributed by atoms with Gasteiger partial charge in [-0.1, -0.05) is 12.1 Å². The number of benzene rings is 1. The number of nitro benzene ring substituents is 1. The third kappa shape index (κ3) is 2.77. The van der Waals surface area contributed by atoms with Crippen LogP contribution in [-0.4, -0.2) is 34.3 Å². The standard InChI is InChI=1S/C10H11NO6/c1-17-10(14)9(13)8(12)6-4-2-3-5-7(6)11(15)16/h2-5,8-9,12-13H,1H3/t8-,9-/m1/s1. The van der Waals surface area contributed by atoms with Crippen molar-refractivity contribution in [2.45, 2.75) is 12.2 Å². The predicted molar refractivity (Wildman–Crippen MR) is 56.1 cm³/mol. The number of aliphatic hydroxyl groups excluding tert-OH is 2. The van der Waals surface area contributed by atoms with E-state index in [4.69, 9.17) is 0 Å². The van der Waals surface area contributed by atoms with E-state index in [9.17, 15) is 25.1 Å². The van der Waals surface area contributed by atoms with Crippen LogP contribution in [0.4, 0.5) is 5.69 Å². The second kappa shape index (κ2) is 5.37. The number of carbonyl (C=O) groups is 1. The first-order valence-corrected chi connectivity index (χ1v) is 4.66. The lowest BCUT2D eigenvalue weighted by Crippen LogP contribution is -2.29. The summed E-state index contributed by atoms with van der Waals surface area (Å²) < 4.78 is 4.24. The highest BCUT2D eigenvalue weighted by molar-refractivity contribution is 5.75. The molecule has 1 aromatic rings. The summed E-state index contributed by atoms with van der Waals surface area (Å²) >= 11 is 0. The Kier molecular flexibility index (Phi) is 4.13. The van der Waals surface area contributed by atoms with Crippen LogP contribution in [0.25, 0.3) is 0 Å². The normalized spacial score (nSPS) is 13.8. The van der Waals surface area contributed by atoms with Crippen LogP contribution in [0.5, 0.6) is 0 Å². The van der Waals surface area contributed by atoms with Crippen LogP contribution in [0, 0.1) is 10.1 Å². The Balaban J connectivity index is 3.07. The molecule has 0 aromatic heterocycles. The van der Waals surface area contributed by atoms with Crippen molar-refractivity contribution in [3.05, 3.63) is 39.9 Å². The average molecular weight is 241 g/mol. The fraction of sp³-hybridized carbons (Fsp3) is 0.300. The number of nitrogens with zero attached hydrogens (tertiary/aromatic N) is 1. The lowest BCUT2D eigenvalue weighted by molar-refractivity contribution is -0.386. The molecule has 0 amide bonds. The highest BCUT2D eigenvalue weighted by Crippen LogP contribution is 2.27. The topological polar surface area (TPSA) is 110 Å². The zero-order valence-corrected chi connectivity index (χ0v) is 8.94. The first-order chi connectivity index (χ1) is 7.99. The highest BCUT2D eigenvalue weighted by Gasteiger charge is 2.31. The quantitative estimate of drug-likeness (QED) is 0.441. The van der Waals surface area contributed by atoms with Gasteiger partial charge >= 0.3 is 5.97 Å². The Morgan fingerprint density at radius 1 is 1.41 bits per heavy atom. The number of hydrogen-bond acceptors (Lipinski definition) is 6. The largest absolute Gasteiger partial charge is 0.467 e. The minimum Gasteiger partial charge on any atom is -0.467 e. The van der Waals surface area contributed by atoms with Gasteiger partial charge in [-0.3, -0.25) is 10.1 Å². The summed E-state index contributed by atoms with van der Waals surface area (Å²) in [6, 6.07) is 5.30. The van der Waals surface area contributed by atoms with Crippen molar-refractivity contribution >= 4 is 11.7 Å². The van der Waals surface area contributed by atoms with Gasteiger partial charge in [-0.2, -0.15) is 0 Å². The van der Waals surface area contributed by atoms with Gasteiger partial charge in [-0.25, -0.2) is 4.79 Å². The summed E-state index contributed by atoms with van der Waals surface area (Å²) in [5, 5.41) is 29.7. The van der Waals surface area contributed by atoms with Crippen LogP contribution in [0.3, 0.4) is 0 Å². The molecular weight excluding hydrogens is 230 g/mol. The van der Waals surface area contributed by atoms with Crippen molar-refractivity contribution < 1.29 is 24.7 Å². The summed E-state index contributed by atoms with van der Waals surface area (Å²) in [7, 11) is 1.04. The molecule has 7 nitrogen and oxygen atoms in total. The third-order valence-corrected chi connectivity index (χ3v) is 2.19. The van der Waals surface area contributed by atoms with Crippen molar-refractivity contribution in [1.82, 2.24) is 0 Å². The Morgan fingerprint density at radius 2 is 2.00 bits per heavy atom. The first-order valence-electron chi connectivity index (χ1n) is 4.66. The monoisotopic (exact) mass is 241 g/mol. The molecule has 1 aromatic carbocycles. The molecule has 1 rings (SSSR count). The molecular formula is C10H11NO6. The molecule has 0 aliphatic rings. The van der Waals surface area contributed by atoms with E-state index in [0.717, 1.165) is 7.11 Å². The van der Waals surface area contributed by atoms with Gasteiger partial charge in [-0.05, 0) is 6.07 Å². The van der Waals surface area contributed by atoms with Crippen molar-refractivity contribution in [1.29, 1.82) is 0 Å². The number of methoxy groups -OCH3 is 1. The van der Waals surface area contributed by atoms with Crippen molar-refractivity contribution in [2.75, 3.05) is 7.11 Å². The van der Waals surface area contributed by atoms with Crippen LogP contribution in [0.15, 0.2) is 24.3 Å². The number of esters is 1. The summed E-state index contributed by atoms with van der Waals surface area (Å²) in [6.07, 6.45) is -3.56. The molecule has 7 heteroatoms. The van der Waals surface area contributed by atoms with E-state index in [1.54, 1.807) is 0 Å². The van der Waals surface area contributed by atoms with E-state index >= 15 is 0 Å². The second-order valence-electron chi connectivity index (χ2n) is 3.23. The lowest BCUT2D eigenvalue weighted by Gasteiger charge is -2.15. The maximum absolute atomic E-state index is 11.0. The van der Waals surface area contributed by atoms with Gasteiger partial charge in [0, 0.05) is 6.07 Å². The summed E-state index contributed by atoms with van der Waals surface area (Å²) in [5.41, 5.74) is -0.515. The van der Waals surface area contributed by atoms with Crippen LogP contribution < -0.4 is 0 Å². The van der Waals surface area contributed by atoms with E-state index < -0.39 is 23.1 Å². The fourth-order valence-corrected chi connectivity index (χ4v) is 1.32. The van der Waals surface area contributed by atoms with Gasteiger partial charge in [0.1, 0.15) is 6.10 Å². The third-order valence-electron chi connectivity index (χ3n) is 2.19. The zero-order chi connectivity index (χ0) is 13.0. The molecule has 0 unspecified atom stereocenters. The predicted octanol–water partition coefficient (Wildman–Crippen LogP) is 0.162. The molecule has 0 saturated heterocycles. The van der Waals surface area contributed by atoms with Gasteiger partial charge in [0.25, 0.3) is 5.69 Å². The molecule has 92 valence electrons. The van der Waals surface area contributed by atoms with Crippen LogP contribution >= 0.6 is 0 Å². The number of carbonyl (C=O) groups excluding carboxylic acids is 1. The number of ether oxygens (including phenoxy) is 1. The molecule has 0 heterocycles. The number of rotatable bonds is 4. The highest BCUT2D eigenvalue weighted by atomic mass is 16.6. The number of hydrogen-bond donors (Lipinski definition) is 2. The summed E-state index contributed by atoms with van der Waals surface area (Å²) in [4.78, 5) is 21.0. The smallest absolute Gasteiger partial charge is 0.337 e. The molecule has 0 fully saturated rings. The van der Waals surface area contributed by atoms with E-state index in [1.165, 1.54) is 24.3 Å².